The van der Waals surface area contributed by atoms with Crippen LogP contribution in [0.5, 0.6) is 0 Å². The Hall–Kier alpha value is -1.98. The highest BCUT2D eigenvalue weighted by Crippen LogP contribution is 2.60. The number of carboxylic acids is 1. The zero-order valence-electron chi connectivity index (χ0n) is 15.1. The molecule has 0 aliphatic heterocycles. The molecule has 33 heavy (non-hydrogen) atoms. The van der Waals surface area contributed by atoms with Gasteiger partial charge in [-0.1, -0.05) is 0 Å². The summed E-state index contributed by atoms with van der Waals surface area (Å²) in [4.78, 5) is 10.3. The van der Waals surface area contributed by atoms with Crippen LogP contribution >= 0.6 is 0 Å². The Kier molecular flexibility index (Phi) is 8.45. The number of unbranched alkanes of at least 4 members (excludes halogenated alkanes) is 1. The van der Waals surface area contributed by atoms with Gasteiger partial charge in [-0.05, 0) is 12.8 Å². The van der Waals surface area contributed by atoms with Crippen LogP contribution in [-0.4, -0.2) is 53.0 Å². The van der Waals surface area contributed by atoms with Crippen LogP contribution < -0.4 is 0 Å². The van der Waals surface area contributed by atoms with Crippen molar-refractivity contribution in [3.8, 4) is 0 Å². The lowest BCUT2D eigenvalue weighted by atomic mass is 9.90. The van der Waals surface area contributed by atoms with Crippen molar-refractivity contribution in [1.82, 2.24) is 0 Å². The average molecular weight is 532 g/mol. The maximum absolute atomic E-state index is 13.5. The third kappa shape index (κ3) is 5.93. The van der Waals surface area contributed by atoms with Gasteiger partial charge in [0.1, 0.15) is 0 Å². The van der Waals surface area contributed by atoms with E-state index in [0.717, 1.165) is 0 Å². The van der Waals surface area contributed by atoms with Crippen molar-refractivity contribution in [3.05, 3.63) is 11.4 Å². The standard InChI is InChI=1S/C14H9F17O2/c15-6(5(7(32)33)11(23,24)25)10(21,22)13(28,29)14(30,31)12(26,27)8(16,17)3-1-2-4-9(18,19)20/h1-4H2,(H,32,33). The highest BCUT2D eigenvalue weighted by atomic mass is 19.4. The number of hydrogen-bond donors (Lipinski definition) is 1. The van der Waals surface area contributed by atoms with Crippen molar-refractivity contribution < 1.29 is 84.5 Å². The SMILES string of the molecule is O=C(O)C(=C(F)C(F)(F)C(F)(F)C(F)(F)C(F)(F)C(F)(F)CCCCC(F)(F)F)C(F)(F)F. The molecule has 0 atom stereocenters. The van der Waals surface area contributed by atoms with Gasteiger partial charge < -0.3 is 5.11 Å². The van der Waals surface area contributed by atoms with E-state index in [-0.39, 0.29) is 0 Å². The molecule has 0 aromatic rings. The van der Waals surface area contributed by atoms with Crippen molar-refractivity contribution >= 4 is 5.97 Å². The fourth-order valence-electron chi connectivity index (χ4n) is 2.09. The van der Waals surface area contributed by atoms with Crippen LogP contribution in [0.15, 0.2) is 11.4 Å². The lowest BCUT2D eigenvalue weighted by Gasteiger charge is -2.39. The highest BCUT2D eigenvalue weighted by molar-refractivity contribution is 5.89. The predicted octanol–water partition coefficient (Wildman–Crippen LogP) is 7.16. The van der Waals surface area contributed by atoms with Crippen molar-refractivity contribution in [3.63, 3.8) is 0 Å². The van der Waals surface area contributed by atoms with Gasteiger partial charge in [0.15, 0.2) is 11.4 Å². The van der Waals surface area contributed by atoms with Crippen LogP contribution in [0.3, 0.4) is 0 Å². The van der Waals surface area contributed by atoms with Crippen LogP contribution in [0.2, 0.25) is 0 Å². The van der Waals surface area contributed by atoms with E-state index in [1.54, 1.807) is 0 Å². The number of carboxylic acid groups (broad SMARTS) is 1. The first kappa shape index (κ1) is 31.0. The second kappa shape index (κ2) is 8.99. The zero-order chi connectivity index (χ0) is 27.1. The van der Waals surface area contributed by atoms with Crippen LogP contribution in [0.1, 0.15) is 25.7 Å². The predicted molar refractivity (Wildman–Crippen MR) is 71.1 cm³/mol. The van der Waals surface area contributed by atoms with Gasteiger partial charge in [-0.25, -0.2) is 9.18 Å². The van der Waals surface area contributed by atoms with E-state index in [9.17, 15) is 79.4 Å². The molecule has 196 valence electrons. The van der Waals surface area contributed by atoms with Crippen LogP contribution in [-0.2, 0) is 4.79 Å². The Balaban J connectivity index is 6.34. The number of alkyl halides is 16. The summed E-state index contributed by atoms with van der Waals surface area (Å²) in [6.07, 6.45) is -19.6. The number of halogens is 17. The lowest BCUT2D eigenvalue weighted by Crippen LogP contribution is -2.67. The first-order chi connectivity index (χ1) is 14.2. The van der Waals surface area contributed by atoms with E-state index >= 15 is 0 Å². The number of hydrogen-bond acceptors (Lipinski definition) is 1. The Morgan fingerprint density at radius 3 is 1.33 bits per heavy atom. The quantitative estimate of drug-likeness (QED) is 0.184. The van der Waals surface area contributed by atoms with E-state index in [4.69, 9.17) is 5.11 Å². The van der Waals surface area contributed by atoms with Crippen LogP contribution in [0.25, 0.3) is 0 Å². The van der Waals surface area contributed by atoms with Gasteiger partial charge in [-0.15, -0.1) is 0 Å². The summed E-state index contributed by atoms with van der Waals surface area (Å²) in [7, 11) is 0. The minimum absolute atomic E-state index is 1.43. The number of allylic oxidation sites excluding steroid dienone is 1. The van der Waals surface area contributed by atoms with E-state index in [1.165, 1.54) is 0 Å². The molecule has 0 bridgehead atoms. The highest BCUT2D eigenvalue weighted by Gasteiger charge is 2.87. The van der Waals surface area contributed by atoms with Gasteiger partial charge in [0, 0.05) is 12.8 Å². The minimum Gasteiger partial charge on any atom is -0.478 e. The Morgan fingerprint density at radius 1 is 0.606 bits per heavy atom. The maximum Gasteiger partial charge on any atom is 0.426 e. The number of carbonyl (C=O) groups is 1. The van der Waals surface area contributed by atoms with Gasteiger partial charge in [0.2, 0.25) is 0 Å². The molecule has 2 nitrogen and oxygen atoms in total. The first-order valence-corrected chi connectivity index (χ1v) is 7.85. The lowest BCUT2D eigenvalue weighted by molar-refractivity contribution is -0.398. The molecule has 0 rings (SSSR count). The first-order valence-electron chi connectivity index (χ1n) is 7.85. The summed E-state index contributed by atoms with van der Waals surface area (Å²) < 4.78 is 221. The molecule has 1 N–H and O–H groups in total. The van der Waals surface area contributed by atoms with Crippen LogP contribution in [0.4, 0.5) is 74.6 Å². The summed E-state index contributed by atoms with van der Waals surface area (Å²) in [5.74, 6) is -46.6. The largest absolute Gasteiger partial charge is 0.478 e. The molecule has 19 heteroatoms. The normalized spacial score (nSPS) is 16.0. The van der Waals surface area contributed by atoms with Gasteiger partial charge >= 0.3 is 47.9 Å². The van der Waals surface area contributed by atoms with Crippen LogP contribution in [0, 0.1) is 0 Å². The zero-order valence-corrected chi connectivity index (χ0v) is 15.1. The second-order valence-electron chi connectivity index (χ2n) is 6.32. The summed E-state index contributed by atoms with van der Waals surface area (Å²) in [6, 6.07) is 0. The Bertz CT molecular complexity index is 744. The maximum atomic E-state index is 13.5. The summed E-state index contributed by atoms with van der Waals surface area (Å²) in [5, 5.41) is 8.05. The number of rotatable bonds is 10. The molecular formula is C14H9F17O2. The Labute approximate surface area is 171 Å². The van der Waals surface area contributed by atoms with Crippen molar-refractivity contribution in [2.75, 3.05) is 0 Å². The molecule has 0 amide bonds. The van der Waals surface area contributed by atoms with E-state index < -0.39 is 85.0 Å². The molecule has 0 spiro atoms. The van der Waals surface area contributed by atoms with E-state index in [0.29, 0.717) is 0 Å². The third-order valence-corrected chi connectivity index (χ3v) is 3.84. The second-order valence-corrected chi connectivity index (χ2v) is 6.32. The smallest absolute Gasteiger partial charge is 0.426 e. The Morgan fingerprint density at radius 2 is 1.00 bits per heavy atom. The molecule has 0 aliphatic rings. The van der Waals surface area contributed by atoms with E-state index in [1.807, 2.05) is 0 Å². The molecule has 0 saturated heterocycles. The third-order valence-electron chi connectivity index (χ3n) is 3.84. The van der Waals surface area contributed by atoms with Gasteiger partial charge in [0.25, 0.3) is 0 Å². The monoisotopic (exact) mass is 532 g/mol. The molecule has 0 aromatic carbocycles. The van der Waals surface area contributed by atoms with Crippen molar-refractivity contribution in [2.24, 2.45) is 0 Å². The van der Waals surface area contributed by atoms with Gasteiger partial charge in [-0.2, -0.15) is 70.2 Å². The fourth-order valence-corrected chi connectivity index (χ4v) is 2.09. The summed E-state index contributed by atoms with van der Waals surface area (Å²) in [5.41, 5.74) is -4.22. The summed E-state index contributed by atoms with van der Waals surface area (Å²) >= 11 is 0. The fraction of sp³-hybridized carbons (Fsp3) is 0.786. The molecule has 0 radical (unpaired) electrons. The number of aliphatic carboxylic acids is 1. The van der Waals surface area contributed by atoms with Gasteiger partial charge in [0.05, 0.1) is 0 Å². The van der Waals surface area contributed by atoms with E-state index in [2.05, 4.69) is 0 Å². The summed E-state index contributed by atoms with van der Waals surface area (Å²) in [6.45, 7) is 0. The molecular weight excluding hydrogens is 523 g/mol. The molecule has 0 heterocycles. The van der Waals surface area contributed by atoms with Crippen molar-refractivity contribution in [1.29, 1.82) is 0 Å². The minimum atomic E-state index is -8.10. The molecule has 0 saturated carbocycles. The molecule has 0 fully saturated rings. The van der Waals surface area contributed by atoms with Gasteiger partial charge in [-0.3, -0.25) is 0 Å². The van der Waals surface area contributed by atoms with Crippen molar-refractivity contribution in [2.45, 2.75) is 67.6 Å². The topological polar surface area (TPSA) is 37.3 Å². The molecule has 0 aliphatic carbocycles. The molecule has 0 aromatic heterocycles. The average Bonchev–Trinajstić information content (AvgIpc) is 2.55. The molecule has 0 unspecified atom stereocenters.